The first kappa shape index (κ1) is 21.0. The Morgan fingerprint density at radius 2 is 1.63 bits per heavy atom. The van der Waals surface area contributed by atoms with Gasteiger partial charge in [-0.1, -0.05) is 48.0 Å². The summed E-state index contributed by atoms with van der Waals surface area (Å²) < 4.78 is 27.7. The molecule has 160 valence electrons. The SMILES string of the molecule is Cc1ccc(S(=O)(=O)N2CCC3(CC2)N[C@@H](C)C(=O)N3[C@H](C)c2ccccc2)cc1. The summed E-state index contributed by atoms with van der Waals surface area (Å²) in [6.45, 7) is 6.62. The molecule has 0 saturated carbocycles. The first-order valence-corrected chi connectivity index (χ1v) is 11.9. The monoisotopic (exact) mass is 427 g/mol. The third kappa shape index (κ3) is 3.55. The van der Waals surface area contributed by atoms with E-state index in [2.05, 4.69) is 5.32 Å². The van der Waals surface area contributed by atoms with Crippen molar-refractivity contribution in [2.24, 2.45) is 0 Å². The number of benzene rings is 2. The molecule has 2 atom stereocenters. The highest BCUT2D eigenvalue weighted by Crippen LogP contribution is 2.39. The highest BCUT2D eigenvalue weighted by Gasteiger charge is 2.52. The maximum Gasteiger partial charge on any atom is 0.243 e. The van der Waals surface area contributed by atoms with Crippen LogP contribution in [-0.4, -0.2) is 48.3 Å². The zero-order valence-corrected chi connectivity index (χ0v) is 18.5. The van der Waals surface area contributed by atoms with E-state index in [9.17, 15) is 13.2 Å². The molecule has 2 aromatic carbocycles. The Bertz CT molecular complexity index is 1010. The van der Waals surface area contributed by atoms with Crippen LogP contribution in [0.4, 0.5) is 0 Å². The van der Waals surface area contributed by atoms with Crippen molar-refractivity contribution in [2.75, 3.05) is 13.1 Å². The molecule has 0 radical (unpaired) electrons. The Kier molecular flexibility index (Phi) is 5.46. The molecule has 30 heavy (non-hydrogen) atoms. The number of sulfonamides is 1. The first-order chi connectivity index (χ1) is 14.2. The lowest BCUT2D eigenvalue weighted by Gasteiger charge is -2.46. The quantitative estimate of drug-likeness (QED) is 0.814. The van der Waals surface area contributed by atoms with Gasteiger partial charge in [0.15, 0.2) is 0 Å². The van der Waals surface area contributed by atoms with E-state index in [1.165, 1.54) is 0 Å². The molecule has 4 rings (SSSR count). The summed E-state index contributed by atoms with van der Waals surface area (Å²) in [7, 11) is -3.54. The zero-order chi connectivity index (χ0) is 21.5. The Morgan fingerprint density at radius 3 is 2.23 bits per heavy atom. The molecule has 1 amide bonds. The molecule has 2 aromatic rings. The number of hydrogen-bond donors (Lipinski definition) is 1. The number of rotatable bonds is 4. The van der Waals surface area contributed by atoms with E-state index in [0.717, 1.165) is 11.1 Å². The molecule has 6 nitrogen and oxygen atoms in total. The second-order valence-electron chi connectivity index (χ2n) is 8.41. The number of nitrogens with one attached hydrogen (secondary N) is 1. The van der Waals surface area contributed by atoms with Gasteiger partial charge in [0.1, 0.15) is 0 Å². The van der Waals surface area contributed by atoms with Crippen LogP contribution < -0.4 is 5.32 Å². The van der Waals surface area contributed by atoms with Gasteiger partial charge >= 0.3 is 0 Å². The predicted octanol–water partition coefficient (Wildman–Crippen LogP) is 3.06. The molecular formula is C23H29N3O3S. The first-order valence-electron chi connectivity index (χ1n) is 10.5. The van der Waals surface area contributed by atoms with Crippen LogP contribution in [0.25, 0.3) is 0 Å². The standard InChI is InChI=1S/C23H29N3O3S/c1-17-9-11-21(12-10-17)30(28,29)25-15-13-23(14-16-25)24-18(2)22(27)26(23)19(3)20-7-5-4-6-8-20/h4-12,18-19,24H,13-16H2,1-3H3/t18-,19+/m0/s1. The van der Waals surface area contributed by atoms with Crippen molar-refractivity contribution in [1.29, 1.82) is 0 Å². The van der Waals surface area contributed by atoms with Crippen molar-refractivity contribution in [3.8, 4) is 0 Å². The van der Waals surface area contributed by atoms with Gasteiger partial charge in [0.25, 0.3) is 0 Å². The fourth-order valence-electron chi connectivity index (χ4n) is 4.74. The van der Waals surface area contributed by atoms with Crippen LogP contribution in [0.15, 0.2) is 59.5 Å². The molecule has 0 aromatic heterocycles. The normalized spacial score (nSPS) is 23.1. The minimum Gasteiger partial charge on any atom is -0.316 e. The minimum atomic E-state index is -3.54. The maximum atomic E-state index is 13.1. The zero-order valence-electron chi connectivity index (χ0n) is 17.7. The van der Waals surface area contributed by atoms with Crippen LogP contribution >= 0.6 is 0 Å². The summed E-state index contributed by atoms with van der Waals surface area (Å²) in [5, 5.41) is 3.49. The van der Waals surface area contributed by atoms with Crippen molar-refractivity contribution in [2.45, 2.75) is 56.3 Å². The highest BCUT2D eigenvalue weighted by atomic mass is 32.2. The second kappa shape index (κ2) is 7.80. The minimum absolute atomic E-state index is 0.0706. The summed E-state index contributed by atoms with van der Waals surface area (Å²) in [5.41, 5.74) is 1.58. The highest BCUT2D eigenvalue weighted by molar-refractivity contribution is 7.89. The number of carbonyl (C=O) groups excluding carboxylic acids is 1. The Hall–Kier alpha value is -2.22. The number of carbonyl (C=O) groups is 1. The van der Waals surface area contributed by atoms with Gasteiger partial charge in [0, 0.05) is 13.1 Å². The fraction of sp³-hybridized carbons (Fsp3) is 0.435. The van der Waals surface area contributed by atoms with E-state index in [-0.39, 0.29) is 18.0 Å². The summed E-state index contributed by atoms with van der Waals surface area (Å²) in [6.07, 6.45) is 1.12. The van der Waals surface area contributed by atoms with Gasteiger partial charge in [0.05, 0.1) is 22.6 Å². The lowest BCUT2D eigenvalue weighted by atomic mass is 9.94. The molecule has 2 saturated heterocycles. The summed E-state index contributed by atoms with van der Waals surface area (Å²) >= 11 is 0. The summed E-state index contributed by atoms with van der Waals surface area (Å²) in [5.74, 6) is 0.0706. The topological polar surface area (TPSA) is 69.7 Å². The molecule has 0 unspecified atom stereocenters. The number of amides is 1. The molecule has 2 aliphatic heterocycles. The van der Waals surface area contributed by atoms with Gasteiger partial charge in [-0.25, -0.2) is 8.42 Å². The average Bonchev–Trinajstić information content (AvgIpc) is 2.98. The Labute approximate surface area is 178 Å². The number of piperidine rings is 1. The van der Waals surface area contributed by atoms with Crippen molar-refractivity contribution in [3.63, 3.8) is 0 Å². The van der Waals surface area contributed by atoms with E-state index in [4.69, 9.17) is 0 Å². The van der Waals surface area contributed by atoms with E-state index < -0.39 is 15.7 Å². The van der Waals surface area contributed by atoms with Crippen LogP contribution in [0.2, 0.25) is 0 Å². The predicted molar refractivity (Wildman–Crippen MR) is 116 cm³/mol. The maximum absolute atomic E-state index is 13.1. The van der Waals surface area contributed by atoms with E-state index in [1.807, 2.05) is 68.1 Å². The van der Waals surface area contributed by atoms with Gasteiger partial charge < -0.3 is 4.90 Å². The lowest BCUT2D eigenvalue weighted by molar-refractivity contribution is -0.136. The molecule has 0 bridgehead atoms. The van der Waals surface area contributed by atoms with Gasteiger partial charge in [-0.05, 0) is 51.3 Å². The van der Waals surface area contributed by atoms with Crippen LogP contribution in [0, 0.1) is 6.92 Å². The average molecular weight is 428 g/mol. The molecule has 2 heterocycles. The third-order valence-corrected chi connectivity index (χ3v) is 8.34. The lowest BCUT2D eigenvalue weighted by Crippen LogP contribution is -2.59. The van der Waals surface area contributed by atoms with Crippen LogP contribution in [0.3, 0.4) is 0 Å². The molecular weight excluding hydrogens is 398 g/mol. The smallest absolute Gasteiger partial charge is 0.243 e. The van der Waals surface area contributed by atoms with Crippen LogP contribution in [0.1, 0.15) is 43.9 Å². The number of nitrogens with zero attached hydrogens (tertiary/aromatic N) is 2. The van der Waals surface area contributed by atoms with Crippen molar-refractivity contribution < 1.29 is 13.2 Å². The molecule has 1 N–H and O–H groups in total. The van der Waals surface area contributed by atoms with E-state index >= 15 is 0 Å². The molecule has 1 spiro atoms. The summed E-state index contributed by atoms with van der Waals surface area (Å²) in [4.78, 5) is 15.3. The number of hydrogen-bond acceptors (Lipinski definition) is 4. The van der Waals surface area contributed by atoms with E-state index in [0.29, 0.717) is 30.8 Å². The van der Waals surface area contributed by atoms with Crippen LogP contribution in [0.5, 0.6) is 0 Å². The molecule has 7 heteroatoms. The van der Waals surface area contributed by atoms with Crippen molar-refractivity contribution in [1.82, 2.24) is 14.5 Å². The Morgan fingerprint density at radius 1 is 1.03 bits per heavy atom. The Balaban J connectivity index is 1.57. The number of aryl methyl sites for hydroxylation is 1. The fourth-order valence-corrected chi connectivity index (χ4v) is 6.18. The molecule has 2 aliphatic rings. The van der Waals surface area contributed by atoms with Crippen molar-refractivity contribution >= 4 is 15.9 Å². The van der Waals surface area contributed by atoms with Gasteiger partial charge in [-0.15, -0.1) is 0 Å². The van der Waals surface area contributed by atoms with Gasteiger partial charge in [-0.3, -0.25) is 10.1 Å². The van der Waals surface area contributed by atoms with Crippen molar-refractivity contribution in [3.05, 3.63) is 65.7 Å². The largest absolute Gasteiger partial charge is 0.316 e. The molecule has 0 aliphatic carbocycles. The molecule has 2 fully saturated rings. The van der Waals surface area contributed by atoms with Gasteiger partial charge in [0.2, 0.25) is 15.9 Å². The van der Waals surface area contributed by atoms with Crippen LogP contribution in [-0.2, 0) is 14.8 Å². The third-order valence-electron chi connectivity index (χ3n) is 6.43. The summed E-state index contributed by atoms with van der Waals surface area (Å²) in [6, 6.07) is 16.6. The van der Waals surface area contributed by atoms with Gasteiger partial charge in [-0.2, -0.15) is 4.31 Å². The van der Waals surface area contributed by atoms with E-state index in [1.54, 1.807) is 16.4 Å². The second-order valence-corrected chi connectivity index (χ2v) is 10.3.